The molecule has 0 saturated carbocycles. The van der Waals surface area contributed by atoms with Gasteiger partial charge in [0.05, 0.1) is 0 Å². The third-order valence-electron chi connectivity index (χ3n) is 2.97. The van der Waals surface area contributed by atoms with Gasteiger partial charge < -0.3 is 28.4 Å². The molecule has 5 heteroatoms. The predicted molar refractivity (Wildman–Crippen MR) is 128 cm³/mol. The molecule has 0 aromatic rings. The molecule has 29 heavy (non-hydrogen) atoms. The van der Waals surface area contributed by atoms with Gasteiger partial charge in [-0.25, -0.2) is 0 Å². The maximum atomic E-state index is 4.37. The summed E-state index contributed by atoms with van der Waals surface area (Å²) < 4.78 is 0. The Hall–Kier alpha value is 0.884. The minimum Gasteiger partial charge on any atom is -1.00 e. The van der Waals surface area contributed by atoms with Crippen molar-refractivity contribution in [2.45, 2.75) is 83.1 Å². The Kier molecular flexibility index (Phi) is 40.1. The molecule has 0 aromatic heterocycles. The molecule has 0 rings (SSSR count). The van der Waals surface area contributed by atoms with E-state index in [0.717, 1.165) is 74.8 Å². The first-order chi connectivity index (χ1) is 12.4. The minimum atomic E-state index is 0. The fourth-order valence-electron chi connectivity index (χ4n) is 1.77. The van der Waals surface area contributed by atoms with Crippen molar-refractivity contribution in [1.82, 2.24) is 0 Å². The van der Waals surface area contributed by atoms with Crippen molar-refractivity contribution in [2.24, 2.45) is 35.5 Å². The molecule has 0 spiro atoms. The molecule has 0 heterocycles. The van der Waals surface area contributed by atoms with E-state index < -0.39 is 0 Å². The molecule has 0 N–H and O–H groups in total. The van der Waals surface area contributed by atoms with Crippen LogP contribution >= 0.6 is 0 Å². The maximum Gasteiger partial charge on any atom is 3.00 e. The molecule has 0 aliphatic carbocycles. The molecule has 0 amide bonds. The van der Waals surface area contributed by atoms with E-state index in [9.17, 15) is 0 Å². The summed E-state index contributed by atoms with van der Waals surface area (Å²) in [5.41, 5.74) is 0. The Morgan fingerprint density at radius 1 is 0.345 bits per heavy atom. The molecule has 177 valence electrons. The first kappa shape index (κ1) is 40.3. The zero-order valence-corrected chi connectivity index (χ0v) is 24.2. The van der Waals surface area contributed by atoms with E-state index in [0.29, 0.717) is 0 Å². The molecule has 1 radical (unpaired) electrons. The largest absolute Gasteiger partial charge is 3.00 e. The zero-order valence-electron chi connectivity index (χ0n) is 21.9. The molecule has 0 saturated heterocycles. The van der Waals surface area contributed by atoms with Gasteiger partial charge in [-0.3, -0.25) is 0 Å². The first-order valence-corrected chi connectivity index (χ1v) is 11.3. The molecular weight excluding hydrogens is 414 g/mol. The van der Waals surface area contributed by atoms with Crippen LogP contribution in [0.3, 0.4) is 0 Å². The van der Waals surface area contributed by atoms with Gasteiger partial charge in [0.2, 0.25) is 0 Å². The van der Waals surface area contributed by atoms with Crippen LogP contribution in [-0.4, -0.2) is 39.3 Å². The van der Waals surface area contributed by atoms with Gasteiger partial charge >= 0.3 is 21.7 Å². The Bertz CT molecular complexity index is 204. The molecular formula is C24H54ClN3Ti-. The summed E-state index contributed by atoms with van der Waals surface area (Å²) in [6.45, 7) is 32.5. The Labute approximate surface area is 207 Å². The Balaban J connectivity index is -0.0000000960. The molecule has 0 aliphatic heterocycles. The fourth-order valence-corrected chi connectivity index (χ4v) is 1.77. The van der Waals surface area contributed by atoms with E-state index in [1.165, 1.54) is 0 Å². The van der Waals surface area contributed by atoms with Crippen molar-refractivity contribution in [3.05, 3.63) is 16.0 Å². The number of nitrogens with zero attached hydrogens (tertiary/aromatic N) is 3. The van der Waals surface area contributed by atoms with Crippen molar-refractivity contribution in [2.75, 3.05) is 39.3 Å². The number of hydrogen-bond acceptors (Lipinski definition) is 0. The van der Waals surface area contributed by atoms with Crippen LogP contribution in [0.25, 0.3) is 16.0 Å². The van der Waals surface area contributed by atoms with Crippen LogP contribution in [-0.2, 0) is 21.7 Å². The normalized spacial score (nSPS) is 10.6. The van der Waals surface area contributed by atoms with Gasteiger partial charge in [-0.05, 0) is 0 Å². The second-order valence-electron chi connectivity index (χ2n) is 10.1. The van der Waals surface area contributed by atoms with Crippen LogP contribution in [0.5, 0.6) is 0 Å². The summed E-state index contributed by atoms with van der Waals surface area (Å²) in [6, 6.07) is 0. The minimum absolute atomic E-state index is 0. The number of hydrogen-bond donors (Lipinski definition) is 0. The van der Waals surface area contributed by atoms with Gasteiger partial charge in [-0.1, -0.05) is 119 Å². The van der Waals surface area contributed by atoms with Crippen LogP contribution in [0.2, 0.25) is 0 Å². The number of halogens is 1. The van der Waals surface area contributed by atoms with Crippen LogP contribution in [0, 0.1) is 35.5 Å². The Morgan fingerprint density at radius 2 is 0.448 bits per heavy atom. The van der Waals surface area contributed by atoms with Crippen molar-refractivity contribution < 1.29 is 34.1 Å². The third kappa shape index (κ3) is 58.5. The molecule has 0 aromatic carbocycles. The molecule has 0 unspecified atom stereocenters. The smallest absolute Gasteiger partial charge is 1.00 e. The Morgan fingerprint density at radius 3 is 0.517 bits per heavy atom. The van der Waals surface area contributed by atoms with Crippen molar-refractivity contribution in [3.8, 4) is 0 Å². The molecule has 0 fully saturated rings. The summed E-state index contributed by atoms with van der Waals surface area (Å²) >= 11 is 0. The summed E-state index contributed by atoms with van der Waals surface area (Å²) in [5, 5.41) is 13.1. The quantitative estimate of drug-likeness (QED) is 0.362. The van der Waals surface area contributed by atoms with Gasteiger partial charge in [0.15, 0.2) is 0 Å². The van der Waals surface area contributed by atoms with Gasteiger partial charge in [-0.15, -0.1) is 39.3 Å². The van der Waals surface area contributed by atoms with E-state index in [2.05, 4.69) is 99.0 Å². The summed E-state index contributed by atoms with van der Waals surface area (Å²) in [4.78, 5) is 0. The standard InChI is InChI=1S/3C8H18N.ClH.Ti/c3*1-7(2)5-9-6-8(3)4;;/h3*7-8H,5-6H2,1-4H3;1H;/q3*-1;;+3/p-1. The topological polar surface area (TPSA) is 42.3 Å². The van der Waals surface area contributed by atoms with Gasteiger partial charge in [0.1, 0.15) is 0 Å². The third-order valence-corrected chi connectivity index (χ3v) is 2.97. The average Bonchev–Trinajstić information content (AvgIpc) is 2.46. The zero-order chi connectivity index (χ0) is 21.8. The van der Waals surface area contributed by atoms with E-state index in [-0.39, 0.29) is 34.1 Å². The van der Waals surface area contributed by atoms with Crippen molar-refractivity contribution in [1.29, 1.82) is 0 Å². The molecule has 0 bridgehead atoms. The second-order valence-corrected chi connectivity index (χ2v) is 10.1. The summed E-state index contributed by atoms with van der Waals surface area (Å²) in [6.07, 6.45) is 0. The monoisotopic (exact) mass is 467 g/mol. The maximum absolute atomic E-state index is 4.37. The predicted octanol–water partition coefficient (Wildman–Crippen LogP) is 5.02. The molecule has 0 aliphatic rings. The van der Waals surface area contributed by atoms with E-state index >= 15 is 0 Å². The average molecular weight is 468 g/mol. The SMILES string of the molecule is CC(C)C[N-]CC(C)C.CC(C)C[N-]CC(C)C.CC(C)C[N-]CC(C)C.[Cl-].[Ti+3]. The summed E-state index contributed by atoms with van der Waals surface area (Å²) in [7, 11) is 0. The summed E-state index contributed by atoms with van der Waals surface area (Å²) in [5.74, 6) is 4.35. The van der Waals surface area contributed by atoms with Crippen LogP contribution in [0.15, 0.2) is 0 Å². The van der Waals surface area contributed by atoms with Gasteiger partial charge in [0, 0.05) is 0 Å². The van der Waals surface area contributed by atoms with Crippen molar-refractivity contribution in [3.63, 3.8) is 0 Å². The molecule has 0 atom stereocenters. The van der Waals surface area contributed by atoms with Gasteiger partial charge in [-0.2, -0.15) is 0 Å². The van der Waals surface area contributed by atoms with Crippen LogP contribution < -0.4 is 12.4 Å². The number of rotatable bonds is 12. The van der Waals surface area contributed by atoms with Gasteiger partial charge in [0.25, 0.3) is 0 Å². The van der Waals surface area contributed by atoms with E-state index in [4.69, 9.17) is 0 Å². The first-order valence-electron chi connectivity index (χ1n) is 11.3. The van der Waals surface area contributed by atoms with Crippen molar-refractivity contribution >= 4 is 0 Å². The van der Waals surface area contributed by atoms with Crippen LogP contribution in [0.1, 0.15) is 83.1 Å². The van der Waals surface area contributed by atoms with Crippen LogP contribution in [0.4, 0.5) is 0 Å². The fraction of sp³-hybridized carbons (Fsp3) is 1.00. The van der Waals surface area contributed by atoms with E-state index in [1.54, 1.807) is 0 Å². The van der Waals surface area contributed by atoms with E-state index in [1.807, 2.05) is 0 Å². The molecule has 3 nitrogen and oxygen atoms in total. The second kappa shape index (κ2) is 28.9.